The molecule has 1 atom stereocenters. The summed E-state index contributed by atoms with van der Waals surface area (Å²) in [7, 11) is 0. The van der Waals surface area contributed by atoms with Crippen molar-refractivity contribution in [3.63, 3.8) is 0 Å². The Hall–Kier alpha value is -2.81. The van der Waals surface area contributed by atoms with E-state index in [4.69, 9.17) is 0 Å². The van der Waals surface area contributed by atoms with Gasteiger partial charge < -0.3 is 5.32 Å². The number of thiazole rings is 1. The first-order valence-corrected chi connectivity index (χ1v) is 10.1. The van der Waals surface area contributed by atoms with Crippen LogP contribution in [0.1, 0.15) is 29.8 Å². The number of carbonyl (C=O) groups is 2. The van der Waals surface area contributed by atoms with Gasteiger partial charge in [-0.15, -0.1) is 11.3 Å². The summed E-state index contributed by atoms with van der Waals surface area (Å²) < 4.78 is 14.2. The molecule has 5 rings (SSSR count). The van der Waals surface area contributed by atoms with Gasteiger partial charge in [-0.25, -0.2) is 9.37 Å². The highest BCUT2D eigenvalue weighted by molar-refractivity contribution is 7.15. The van der Waals surface area contributed by atoms with E-state index in [1.807, 2.05) is 0 Å². The summed E-state index contributed by atoms with van der Waals surface area (Å²) in [4.78, 5) is 32.4. The smallest absolute Gasteiger partial charge is 0.231 e. The van der Waals surface area contributed by atoms with Gasteiger partial charge in [-0.2, -0.15) is 5.10 Å². The van der Waals surface area contributed by atoms with Gasteiger partial charge in [0.05, 0.1) is 22.5 Å². The van der Waals surface area contributed by atoms with Crippen LogP contribution < -0.4 is 10.2 Å². The predicted molar refractivity (Wildman–Crippen MR) is 104 cm³/mol. The molecule has 28 heavy (non-hydrogen) atoms. The van der Waals surface area contributed by atoms with Gasteiger partial charge in [-0.3, -0.25) is 19.6 Å². The third kappa shape index (κ3) is 2.86. The standard InChI is InChI=1S/C19H18FN5O2S/c20-11-4-3-6-13-16(11)17(24-23-13)25-9-10(8-15(25)26)18(27)22-19-21-12-5-1-2-7-14(12)28-19/h3-4,6,10H,1-2,5,7-9H2,(H,23,24)(H,21,22,27)/t10-/m0/s1. The van der Waals surface area contributed by atoms with Crippen molar-refractivity contribution in [3.05, 3.63) is 34.6 Å². The van der Waals surface area contributed by atoms with Crippen molar-refractivity contribution in [1.82, 2.24) is 15.2 Å². The Morgan fingerprint density at radius 3 is 3.04 bits per heavy atom. The number of nitrogens with one attached hydrogen (secondary N) is 2. The van der Waals surface area contributed by atoms with E-state index < -0.39 is 11.7 Å². The fraction of sp³-hybridized carbons (Fsp3) is 0.368. The molecule has 2 aromatic heterocycles. The van der Waals surface area contributed by atoms with E-state index in [0.717, 1.165) is 31.4 Å². The van der Waals surface area contributed by atoms with Gasteiger partial charge >= 0.3 is 0 Å². The van der Waals surface area contributed by atoms with E-state index in [1.54, 1.807) is 12.1 Å². The summed E-state index contributed by atoms with van der Waals surface area (Å²) in [6, 6.07) is 4.61. The summed E-state index contributed by atoms with van der Waals surface area (Å²) in [5.74, 6) is -1.21. The van der Waals surface area contributed by atoms with Gasteiger partial charge in [0.25, 0.3) is 0 Å². The number of carbonyl (C=O) groups excluding carboxylic acids is 2. The topological polar surface area (TPSA) is 91.0 Å². The Kier molecular flexibility index (Phi) is 4.12. The number of rotatable bonds is 3. The molecule has 1 saturated heterocycles. The highest BCUT2D eigenvalue weighted by Crippen LogP contribution is 2.33. The van der Waals surface area contributed by atoms with Crippen LogP contribution in [0.2, 0.25) is 0 Å². The van der Waals surface area contributed by atoms with Crippen molar-refractivity contribution in [3.8, 4) is 0 Å². The van der Waals surface area contributed by atoms with Gasteiger partial charge in [-0.05, 0) is 37.8 Å². The third-order valence-electron chi connectivity index (χ3n) is 5.35. The molecule has 0 bridgehead atoms. The maximum Gasteiger partial charge on any atom is 0.231 e. The summed E-state index contributed by atoms with van der Waals surface area (Å²) in [5.41, 5.74) is 1.60. The molecular weight excluding hydrogens is 381 g/mol. The first-order chi connectivity index (χ1) is 13.6. The van der Waals surface area contributed by atoms with E-state index in [9.17, 15) is 14.0 Å². The van der Waals surface area contributed by atoms with Gasteiger partial charge in [0.2, 0.25) is 11.8 Å². The molecule has 1 fully saturated rings. The van der Waals surface area contributed by atoms with E-state index in [-0.39, 0.29) is 36.0 Å². The van der Waals surface area contributed by atoms with Gasteiger partial charge in [-0.1, -0.05) is 6.07 Å². The van der Waals surface area contributed by atoms with Crippen LogP contribution in [0.25, 0.3) is 10.9 Å². The predicted octanol–water partition coefficient (Wildman–Crippen LogP) is 3.03. The molecule has 0 spiro atoms. The molecular formula is C19H18FN5O2S. The second-order valence-electron chi connectivity index (χ2n) is 7.20. The minimum Gasteiger partial charge on any atom is -0.302 e. The molecule has 1 aromatic carbocycles. The number of fused-ring (bicyclic) bond motifs is 2. The zero-order chi connectivity index (χ0) is 19.3. The van der Waals surface area contributed by atoms with E-state index in [0.29, 0.717) is 10.6 Å². The highest BCUT2D eigenvalue weighted by Gasteiger charge is 2.37. The normalized spacial score (nSPS) is 19.2. The van der Waals surface area contributed by atoms with Gasteiger partial charge in [0.1, 0.15) is 5.82 Å². The van der Waals surface area contributed by atoms with Gasteiger partial charge in [0, 0.05) is 17.8 Å². The number of hydrogen-bond donors (Lipinski definition) is 2. The van der Waals surface area contributed by atoms with Crippen LogP contribution in [0.15, 0.2) is 18.2 Å². The summed E-state index contributed by atoms with van der Waals surface area (Å²) in [6.45, 7) is 0.171. The Morgan fingerprint density at radius 2 is 2.18 bits per heavy atom. The van der Waals surface area contributed by atoms with Crippen LogP contribution in [0.5, 0.6) is 0 Å². The van der Waals surface area contributed by atoms with Crippen molar-refractivity contribution in [2.24, 2.45) is 5.92 Å². The number of amides is 2. The van der Waals surface area contributed by atoms with Crippen molar-refractivity contribution < 1.29 is 14.0 Å². The first-order valence-electron chi connectivity index (χ1n) is 9.32. The Bertz CT molecular complexity index is 1070. The lowest BCUT2D eigenvalue weighted by molar-refractivity contribution is -0.122. The molecule has 2 aliphatic rings. The number of H-pyrrole nitrogens is 1. The summed E-state index contributed by atoms with van der Waals surface area (Å²) in [6.07, 6.45) is 4.32. The van der Waals surface area contributed by atoms with E-state index >= 15 is 0 Å². The lowest BCUT2D eigenvalue weighted by Crippen LogP contribution is -2.28. The fourth-order valence-electron chi connectivity index (χ4n) is 3.91. The molecule has 2 amide bonds. The van der Waals surface area contributed by atoms with Crippen molar-refractivity contribution >= 4 is 45.0 Å². The Balaban J connectivity index is 1.34. The molecule has 3 aromatic rings. The lowest BCUT2D eigenvalue weighted by atomic mass is 10.0. The number of anilines is 2. The molecule has 0 unspecified atom stereocenters. The molecule has 1 aliphatic carbocycles. The molecule has 2 N–H and O–H groups in total. The lowest BCUT2D eigenvalue weighted by Gasteiger charge is -2.14. The van der Waals surface area contributed by atoms with Crippen LogP contribution in [0.4, 0.5) is 15.3 Å². The Morgan fingerprint density at radius 1 is 1.32 bits per heavy atom. The van der Waals surface area contributed by atoms with Crippen LogP contribution in [0.3, 0.4) is 0 Å². The number of aryl methyl sites for hydroxylation is 2. The molecule has 1 aliphatic heterocycles. The number of nitrogens with zero attached hydrogens (tertiary/aromatic N) is 3. The number of aromatic nitrogens is 3. The second-order valence-corrected chi connectivity index (χ2v) is 8.28. The average molecular weight is 399 g/mol. The number of hydrogen-bond acceptors (Lipinski definition) is 5. The number of aromatic amines is 1. The molecule has 0 saturated carbocycles. The maximum atomic E-state index is 14.2. The zero-order valence-corrected chi connectivity index (χ0v) is 15.8. The molecule has 3 heterocycles. The second kappa shape index (κ2) is 6.66. The SMILES string of the molecule is O=C(Nc1nc2c(s1)CCCC2)[C@H]1CC(=O)N(c2n[nH]c3cccc(F)c23)C1. The van der Waals surface area contributed by atoms with Crippen LogP contribution in [-0.4, -0.2) is 33.5 Å². The molecule has 7 nitrogen and oxygen atoms in total. The van der Waals surface area contributed by atoms with Crippen molar-refractivity contribution in [1.29, 1.82) is 0 Å². The third-order valence-corrected chi connectivity index (χ3v) is 6.42. The minimum atomic E-state index is -0.521. The Labute approximate surface area is 163 Å². The van der Waals surface area contributed by atoms with Crippen LogP contribution in [-0.2, 0) is 22.4 Å². The largest absolute Gasteiger partial charge is 0.302 e. The van der Waals surface area contributed by atoms with E-state index in [2.05, 4.69) is 20.5 Å². The number of benzene rings is 1. The number of halogens is 1. The zero-order valence-electron chi connectivity index (χ0n) is 15.0. The first kappa shape index (κ1) is 17.3. The van der Waals surface area contributed by atoms with Crippen molar-refractivity contribution in [2.75, 3.05) is 16.8 Å². The highest BCUT2D eigenvalue weighted by atomic mass is 32.1. The maximum absolute atomic E-state index is 14.2. The van der Waals surface area contributed by atoms with Crippen molar-refractivity contribution in [2.45, 2.75) is 32.1 Å². The fourth-order valence-corrected chi connectivity index (χ4v) is 4.96. The molecule has 0 radical (unpaired) electrons. The van der Waals surface area contributed by atoms with Crippen LogP contribution >= 0.6 is 11.3 Å². The van der Waals surface area contributed by atoms with E-state index in [1.165, 1.54) is 27.2 Å². The van der Waals surface area contributed by atoms with Crippen LogP contribution in [0, 0.1) is 11.7 Å². The average Bonchev–Trinajstić information content (AvgIpc) is 3.37. The quantitative estimate of drug-likeness (QED) is 0.708. The monoisotopic (exact) mass is 399 g/mol. The summed E-state index contributed by atoms with van der Waals surface area (Å²) >= 11 is 1.52. The van der Waals surface area contributed by atoms with Gasteiger partial charge in [0.15, 0.2) is 10.9 Å². The molecule has 9 heteroatoms. The summed E-state index contributed by atoms with van der Waals surface area (Å²) in [5, 5.41) is 10.6. The minimum absolute atomic E-state index is 0.0692. The molecule has 144 valence electrons.